The van der Waals surface area contributed by atoms with Crippen molar-refractivity contribution in [1.82, 2.24) is 4.98 Å². The molecule has 0 saturated heterocycles. The molecule has 2 rings (SSSR count). The highest BCUT2D eigenvalue weighted by atomic mass is 79.9. The fourth-order valence-electron chi connectivity index (χ4n) is 1.52. The first-order valence-corrected chi connectivity index (χ1v) is 6.30. The molecule has 0 fully saturated rings. The van der Waals surface area contributed by atoms with Crippen LogP contribution in [0.3, 0.4) is 0 Å². The van der Waals surface area contributed by atoms with Gasteiger partial charge >= 0.3 is 5.69 Å². The van der Waals surface area contributed by atoms with Crippen molar-refractivity contribution in [3.8, 4) is 17.7 Å². The molecule has 2 aromatic rings. The maximum absolute atomic E-state index is 11.0. The number of hydrogen-bond donors (Lipinski definition) is 0. The van der Waals surface area contributed by atoms with Crippen molar-refractivity contribution >= 4 is 21.6 Å². The van der Waals surface area contributed by atoms with Crippen LogP contribution in [0.15, 0.2) is 34.8 Å². The summed E-state index contributed by atoms with van der Waals surface area (Å²) in [6, 6.07) is 9.56. The van der Waals surface area contributed by atoms with E-state index < -0.39 is 4.92 Å². The van der Waals surface area contributed by atoms with E-state index in [4.69, 9.17) is 10.00 Å². The van der Waals surface area contributed by atoms with Crippen molar-refractivity contribution in [2.75, 3.05) is 0 Å². The monoisotopic (exact) mass is 333 g/mol. The fraction of sp³-hybridized carbons (Fsp3) is 0.0769. The largest absolute Gasteiger partial charge is 0.430 e. The molecule has 0 aliphatic heterocycles. The number of halogens is 1. The maximum Gasteiger partial charge on any atom is 0.312 e. The number of aromatic nitrogens is 1. The van der Waals surface area contributed by atoms with Gasteiger partial charge in [0, 0.05) is 16.2 Å². The molecule has 1 aromatic carbocycles. The lowest BCUT2D eigenvalue weighted by molar-refractivity contribution is -0.385. The number of nitro benzene ring substituents is 1. The third-order valence-corrected chi connectivity index (χ3v) is 2.94. The van der Waals surface area contributed by atoms with E-state index in [1.54, 1.807) is 25.1 Å². The first-order valence-electron chi connectivity index (χ1n) is 5.51. The van der Waals surface area contributed by atoms with Gasteiger partial charge in [-0.3, -0.25) is 10.1 Å². The minimum Gasteiger partial charge on any atom is -0.430 e. The number of ether oxygens (including phenoxy) is 1. The van der Waals surface area contributed by atoms with E-state index in [2.05, 4.69) is 20.9 Å². The third-order valence-electron chi connectivity index (χ3n) is 2.44. The van der Waals surface area contributed by atoms with Crippen molar-refractivity contribution in [3.63, 3.8) is 0 Å². The van der Waals surface area contributed by atoms with Gasteiger partial charge in [0.1, 0.15) is 11.6 Å². The van der Waals surface area contributed by atoms with E-state index in [-0.39, 0.29) is 22.9 Å². The van der Waals surface area contributed by atoms with Gasteiger partial charge in [-0.1, -0.05) is 15.9 Å². The van der Waals surface area contributed by atoms with Crippen molar-refractivity contribution in [2.24, 2.45) is 0 Å². The lowest BCUT2D eigenvalue weighted by atomic mass is 10.2. The second kappa shape index (κ2) is 5.67. The second-order valence-electron chi connectivity index (χ2n) is 3.89. The molecule has 0 unspecified atom stereocenters. The molecule has 0 amide bonds. The lowest BCUT2D eigenvalue weighted by Gasteiger charge is -2.07. The Labute approximate surface area is 122 Å². The highest BCUT2D eigenvalue weighted by Gasteiger charge is 2.18. The Kier molecular flexibility index (Phi) is 3.96. The molecule has 0 radical (unpaired) electrons. The van der Waals surface area contributed by atoms with Gasteiger partial charge in [0.05, 0.1) is 4.92 Å². The molecule has 1 heterocycles. The van der Waals surface area contributed by atoms with Gasteiger partial charge in [-0.2, -0.15) is 5.26 Å². The minimum atomic E-state index is -0.554. The molecule has 100 valence electrons. The van der Waals surface area contributed by atoms with E-state index in [0.29, 0.717) is 10.2 Å². The number of hydrogen-bond acceptors (Lipinski definition) is 5. The number of nitriles is 1. The molecule has 1 aromatic heterocycles. The Morgan fingerprint density at radius 2 is 2.15 bits per heavy atom. The molecule has 0 saturated carbocycles. The molecule has 0 aliphatic carbocycles. The average Bonchev–Trinajstić information content (AvgIpc) is 2.41. The Hall–Kier alpha value is -2.46. The number of aryl methyl sites for hydroxylation is 1. The zero-order valence-electron chi connectivity index (χ0n) is 10.3. The summed E-state index contributed by atoms with van der Waals surface area (Å²) in [7, 11) is 0. The first-order chi connectivity index (χ1) is 9.51. The van der Waals surface area contributed by atoms with Crippen LogP contribution in [0.25, 0.3) is 0 Å². The molecule has 20 heavy (non-hydrogen) atoms. The van der Waals surface area contributed by atoms with Gasteiger partial charge in [0.25, 0.3) is 0 Å². The molecule has 7 heteroatoms. The summed E-state index contributed by atoms with van der Waals surface area (Å²) < 4.78 is 6.00. The van der Waals surface area contributed by atoms with E-state index in [0.717, 1.165) is 0 Å². The molecule has 0 spiro atoms. The van der Waals surface area contributed by atoms with E-state index >= 15 is 0 Å². The fourth-order valence-corrected chi connectivity index (χ4v) is 1.87. The average molecular weight is 334 g/mol. The second-order valence-corrected chi connectivity index (χ2v) is 4.80. The van der Waals surface area contributed by atoms with Crippen LogP contribution >= 0.6 is 15.9 Å². The quantitative estimate of drug-likeness (QED) is 0.630. The molecule has 0 atom stereocenters. The van der Waals surface area contributed by atoms with Crippen LogP contribution in [-0.2, 0) is 0 Å². The van der Waals surface area contributed by atoms with E-state index in [1.165, 1.54) is 12.1 Å². The van der Waals surface area contributed by atoms with Crippen LogP contribution in [0.5, 0.6) is 11.6 Å². The van der Waals surface area contributed by atoms with Crippen molar-refractivity contribution in [2.45, 2.75) is 6.92 Å². The first kappa shape index (κ1) is 14.0. The van der Waals surface area contributed by atoms with Crippen molar-refractivity contribution in [1.29, 1.82) is 5.26 Å². The third kappa shape index (κ3) is 2.92. The summed E-state index contributed by atoms with van der Waals surface area (Å²) >= 11 is 3.16. The number of pyridine rings is 1. The Bertz CT molecular complexity index is 725. The summed E-state index contributed by atoms with van der Waals surface area (Å²) in [5, 5.41) is 20.0. The lowest BCUT2D eigenvalue weighted by Crippen LogP contribution is -1.97. The van der Waals surface area contributed by atoms with E-state index in [1.807, 2.05) is 6.07 Å². The normalized spacial score (nSPS) is 9.85. The molecule has 0 aliphatic rings. The van der Waals surface area contributed by atoms with Crippen molar-refractivity contribution < 1.29 is 9.66 Å². The standard InChI is InChI=1S/C13H8BrN3O3/c1-8-2-3-9(7-15)13(16-8)20-12-5-4-10(14)6-11(12)17(18)19/h2-6H,1H3. The SMILES string of the molecule is Cc1ccc(C#N)c(Oc2ccc(Br)cc2[N+](=O)[O-])n1. The molecule has 0 N–H and O–H groups in total. The van der Waals surface area contributed by atoms with Gasteiger partial charge < -0.3 is 4.74 Å². The highest BCUT2D eigenvalue weighted by Crippen LogP contribution is 2.34. The van der Waals surface area contributed by atoms with Crippen molar-refractivity contribution in [3.05, 3.63) is 56.2 Å². The number of nitro groups is 1. The van der Waals surface area contributed by atoms with Crippen LogP contribution in [-0.4, -0.2) is 9.91 Å². The summed E-state index contributed by atoms with van der Waals surface area (Å²) in [5.41, 5.74) is 0.665. The maximum atomic E-state index is 11.0. The molecular formula is C13H8BrN3O3. The predicted molar refractivity (Wildman–Crippen MR) is 74.6 cm³/mol. The smallest absolute Gasteiger partial charge is 0.312 e. The van der Waals surface area contributed by atoms with Gasteiger partial charge in [0.15, 0.2) is 0 Å². The summed E-state index contributed by atoms with van der Waals surface area (Å²) in [6.07, 6.45) is 0. The van der Waals surface area contributed by atoms with E-state index in [9.17, 15) is 10.1 Å². The van der Waals surface area contributed by atoms with Crippen LogP contribution in [0.2, 0.25) is 0 Å². The Morgan fingerprint density at radius 3 is 2.80 bits per heavy atom. The van der Waals surface area contributed by atoms with Crippen LogP contribution in [0, 0.1) is 28.4 Å². The summed E-state index contributed by atoms with van der Waals surface area (Å²) in [5.74, 6) is 0.0886. The number of benzene rings is 1. The predicted octanol–water partition coefficient (Wildman–Crippen LogP) is 3.72. The van der Waals surface area contributed by atoms with Crippen LogP contribution in [0.1, 0.15) is 11.3 Å². The zero-order valence-corrected chi connectivity index (χ0v) is 11.9. The molecule has 0 bridgehead atoms. The van der Waals surface area contributed by atoms with Gasteiger partial charge in [0.2, 0.25) is 11.6 Å². The van der Waals surface area contributed by atoms with Crippen LogP contribution in [0.4, 0.5) is 5.69 Å². The topological polar surface area (TPSA) is 89.0 Å². The van der Waals surface area contributed by atoms with Gasteiger partial charge in [-0.05, 0) is 31.2 Å². The molecular weight excluding hydrogens is 326 g/mol. The summed E-state index contributed by atoms with van der Waals surface area (Å²) in [4.78, 5) is 14.5. The van der Waals surface area contributed by atoms with Gasteiger partial charge in [-0.15, -0.1) is 0 Å². The number of nitrogens with zero attached hydrogens (tertiary/aromatic N) is 3. The highest BCUT2D eigenvalue weighted by molar-refractivity contribution is 9.10. The number of rotatable bonds is 3. The zero-order chi connectivity index (χ0) is 14.7. The van der Waals surface area contributed by atoms with Crippen LogP contribution < -0.4 is 4.74 Å². The molecule has 6 nitrogen and oxygen atoms in total. The Morgan fingerprint density at radius 1 is 1.40 bits per heavy atom. The Balaban J connectivity index is 2.48. The minimum absolute atomic E-state index is 0.0350. The van der Waals surface area contributed by atoms with Gasteiger partial charge in [-0.25, -0.2) is 4.98 Å². The summed E-state index contributed by atoms with van der Waals surface area (Å²) in [6.45, 7) is 1.74.